The van der Waals surface area contributed by atoms with Crippen LogP contribution in [0.1, 0.15) is 87.3 Å². The van der Waals surface area contributed by atoms with Crippen LogP contribution in [0.15, 0.2) is 48.1 Å². The number of alkyl halides is 1. The number of hydrogen-bond donors (Lipinski definition) is 5. The summed E-state index contributed by atoms with van der Waals surface area (Å²) in [5.41, 5.74) is 2.71. The van der Waals surface area contributed by atoms with Crippen molar-refractivity contribution in [3.8, 4) is 21.9 Å². The Labute approximate surface area is 434 Å². The zero-order chi connectivity index (χ0) is 52.0. The third-order valence-electron chi connectivity index (χ3n) is 14.1. The normalized spacial score (nSPS) is 22.0. The molecule has 2 saturated heterocycles. The van der Waals surface area contributed by atoms with Crippen molar-refractivity contribution in [3.05, 3.63) is 69.9 Å². The molecule has 2 aromatic heterocycles. The predicted octanol–water partition coefficient (Wildman–Crippen LogP) is 6.71. The SMILES string of the molecule is CNc1nc(Nc2ccc(C(=O)N3CCOC(COCC4CCC(COc5cc(-c6scnc6C)ccc5CNC(=O)[C@@H]5C[C@@H](O)CN5C(=O)C(NC(=O)C5(F)CC5)C(C)(C)C)CC4)C3)cc2OC)ncc1Cl. The number of thiazole rings is 1. The summed E-state index contributed by atoms with van der Waals surface area (Å²) in [7, 11) is 3.25. The Balaban J connectivity index is 0.815. The molecule has 4 atom stereocenters. The standard InChI is InChI=1S/C52H67ClFN9O9S/c1-30-43(73-29-58-30)33-11-12-35(22-56-46(65)40-21-36(64)24-63(40)48(67)44(51(2,3)4)60-49(68)52(54)15-16-52)41(19-33)72-27-32-9-7-31(8-10-32)26-70-28-37-25-62(17-18-71-37)47(66)34-13-14-39(42(20-34)69-6)59-50-57-23-38(53)45(55-5)61-50/h11-14,19-20,23,29,31-32,36-37,40,44,64H,7-10,15-18,21-22,24-28H2,1-6H3,(H,56,65)(H,60,68)(H2,55,57,59,61)/t31?,32?,36-,37?,40+,44?/m1/s1. The van der Waals surface area contributed by atoms with Crippen LogP contribution in [0, 0.1) is 24.2 Å². The van der Waals surface area contributed by atoms with Gasteiger partial charge in [-0.2, -0.15) is 4.98 Å². The summed E-state index contributed by atoms with van der Waals surface area (Å²) in [5.74, 6) is 0.613. The number of hydrogen-bond acceptors (Lipinski definition) is 15. The van der Waals surface area contributed by atoms with Crippen molar-refractivity contribution < 1.29 is 47.6 Å². The molecule has 2 saturated carbocycles. The molecule has 2 aromatic carbocycles. The Morgan fingerprint density at radius 2 is 1.77 bits per heavy atom. The van der Waals surface area contributed by atoms with Gasteiger partial charge in [0.15, 0.2) is 5.67 Å². The molecule has 2 aliphatic heterocycles. The number of methoxy groups -OCH3 is 1. The van der Waals surface area contributed by atoms with Gasteiger partial charge in [-0.15, -0.1) is 11.3 Å². The van der Waals surface area contributed by atoms with Gasteiger partial charge in [0.1, 0.15) is 34.4 Å². The quantitative estimate of drug-likeness (QED) is 0.0660. The van der Waals surface area contributed by atoms with Crippen LogP contribution in [0.4, 0.5) is 21.8 Å². The number of rotatable bonds is 19. The third-order valence-corrected chi connectivity index (χ3v) is 15.3. The smallest absolute Gasteiger partial charge is 0.258 e. The number of likely N-dealkylation sites (tertiary alicyclic amines) is 1. The van der Waals surface area contributed by atoms with E-state index in [1.807, 2.05) is 25.1 Å². The maximum Gasteiger partial charge on any atom is 0.258 e. The molecule has 5 N–H and O–H groups in total. The van der Waals surface area contributed by atoms with E-state index in [4.69, 9.17) is 30.5 Å². The molecule has 2 aliphatic carbocycles. The van der Waals surface area contributed by atoms with Gasteiger partial charge in [-0.3, -0.25) is 19.2 Å². The first-order valence-corrected chi connectivity index (χ1v) is 26.2. The molecule has 4 amide bonds. The lowest BCUT2D eigenvalue weighted by Crippen LogP contribution is -2.59. The Morgan fingerprint density at radius 1 is 1.01 bits per heavy atom. The largest absolute Gasteiger partial charge is 0.495 e. The van der Waals surface area contributed by atoms with E-state index in [0.29, 0.717) is 90.9 Å². The van der Waals surface area contributed by atoms with E-state index < -0.39 is 47.0 Å². The van der Waals surface area contributed by atoms with Crippen LogP contribution >= 0.6 is 22.9 Å². The van der Waals surface area contributed by atoms with Crippen molar-refractivity contribution in [1.82, 2.24) is 35.4 Å². The zero-order valence-corrected chi connectivity index (χ0v) is 43.9. The average molecular weight is 1050 g/mol. The monoisotopic (exact) mass is 1050 g/mol. The molecule has 0 radical (unpaired) electrons. The Kier molecular flexibility index (Phi) is 17.1. The number of nitrogens with zero attached hydrogens (tertiary/aromatic N) is 5. The fourth-order valence-corrected chi connectivity index (χ4v) is 10.5. The van der Waals surface area contributed by atoms with Crippen LogP contribution in [0.3, 0.4) is 0 Å². The predicted molar refractivity (Wildman–Crippen MR) is 275 cm³/mol. The molecule has 18 nitrogen and oxygen atoms in total. The van der Waals surface area contributed by atoms with Gasteiger partial charge in [-0.05, 0) is 92.5 Å². The van der Waals surface area contributed by atoms with Crippen molar-refractivity contribution in [2.24, 2.45) is 17.3 Å². The fraction of sp³-hybridized carbons (Fsp3) is 0.558. The van der Waals surface area contributed by atoms with Gasteiger partial charge in [-0.1, -0.05) is 44.5 Å². The van der Waals surface area contributed by atoms with Crippen molar-refractivity contribution in [1.29, 1.82) is 0 Å². The van der Waals surface area contributed by atoms with Gasteiger partial charge < -0.3 is 55.1 Å². The highest BCUT2D eigenvalue weighted by molar-refractivity contribution is 7.13. The molecule has 0 spiro atoms. The second-order valence-electron chi connectivity index (χ2n) is 20.6. The van der Waals surface area contributed by atoms with Crippen LogP contribution in [0.5, 0.6) is 11.5 Å². The van der Waals surface area contributed by atoms with E-state index in [2.05, 4.69) is 36.2 Å². The average Bonchev–Trinajstić information content (AvgIpc) is 3.79. The zero-order valence-electron chi connectivity index (χ0n) is 42.3. The molecule has 4 fully saturated rings. The molecule has 8 rings (SSSR count). The summed E-state index contributed by atoms with van der Waals surface area (Å²) in [6.45, 7) is 9.98. The number of β-amino-alcohol motifs (C(OH)–C–C–N with tert-alkyl or cyclic N) is 1. The van der Waals surface area contributed by atoms with E-state index in [9.17, 15) is 28.7 Å². The van der Waals surface area contributed by atoms with Crippen molar-refractivity contribution in [3.63, 3.8) is 0 Å². The van der Waals surface area contributed by atoms with E-state index in [1.165, 1.54) is 29.5 Å². The molecule has 394 valence electrons. The number of aliphatic hydroxyl groups is 1. The molecule has 21 heteroatoms. The minimum atomic E-state index is -1.98. The van der Waals surface area contributed by atoms with Crippen LogP contribution in [0.25, 0.3) is 10.4 Å². The number of morpholine rings is 1. The van der Waals surface area contributed by atoms with E-state index in [0.717, 1.165) is 47.4 Å². The Bertz CT molecular complexity index is 2620. The number of amides is 4. The molecular weight excluding hydrogens is 981 g/mol. The molecule has 73 heavy (non-hydrogen) atoms. The van der Waals surface area contributed by atoms with Gasteiger partial charge in [0.25, 0.3) is 11.8 Å². The van der Waals surface area contributed by atoms with Crippen molar-refractivity contribution >= 4 is 64.0 Å². The summed E-state index contributed by atoms with van der Waals surface area (Å²) in [6, 6.07) is 8.99. The van der Waals surface area contributed by atoms with Crippen LogP contribution < -0.4 is 30.7 Å². The number of carbonyl (C=O) groups excluding carboxylic acids is 4. The first-order chi connectivity index (χ1) is 34.9. The molecule has 4 heterocycles. The van der Waals surface area contributed by atoms with Crippen molar-refractivity contribution in [2.75, 3.05) is 70.9 Å². The number of carbonyl (C=O) groups is 4. The number of halogens is 2. The fourth-order valence-electron chi connectivity index (χ4n) is 9.55. The highest BCUT2D eigenvalue weighted by Gasteiger charge is 2.53. The number of aliphatic hydroxyl groups excluding tert-OH is 1. The summed E-state index contributed by atoms with van der Waals surface area (Å²) in [4.78, 5) is 71.5. The van der Waals surface area contributed by atoms with E-state index in [-0.39, 0.29) is 44.4 Å². The van der Waals surface area contributed by atoms with Gasteiger partial charge in [0.05, 0.1) is 67.1 Å². The number of anilines is 3. The van der Waals surface area contributed by atoms with Gasteiger partial charge in [0, 0.05) is 57.4 Å². The molecule has 0 bridgehead atoms. The molecular formula is C52H67ClFN9O9S. The van der Waals surface area contributed by atoms with E-state index in [1.54, 1.807) is 56.4 Å². The van der Waals surface area contributed by atoms with Crippen molar-refractivity contribution in [2.45, 2.75) is 109 Å². The van der Waals surface area contributed by atoms with Gasteiger partial charge in [-0.25, -0.2) is 14.4 Å². The van der Waals surface area contributed by atoms with E-state index >= 15 is 0 Å². The molecule has 2 unspecified atom stereocenters. The van der Waals surface area contributed by atoms with Crippen LogP contribution in [-0.4, -0.2) is 144 Å². The number of aryl methyl sites for hydroxylation is 1. The molecule has 4 aromatic rings. The summed E-state index contributed by atoms with van der Waals surface area (Å²) in [5, 5.41) is 22.7. The first-order valence-electron chi connectivity index (χ1n) is 25.0. The Morgan fingerprint density at radius 3 is 2.45 bits per heavy atom. The summed E-state index contributed by atoms with van der Waals surface area (Å²) in [6.07, 6.45) is 4.37. The minimum Gasteiger partial charge on any atom is -0.495 e. The van der Waals surface area contributed by atoms with Crippen LogP contribution in [-0.2, 0) is 30.4 Å². The minimum absolute atomic E-state index is 0.0258. The molecule has 4 aliphatic rings. The lowest BCUT2D eigenvalue weighted by Gasteiger charge is -2.35. The number of benzene rings is 2. The second-order valence-corrected chi connectivity index (χ2v) is 21.9. The Hall–Kier alpha value is -5.67. The number of aromatic nitrogens is 3. The highest BCUT2D eigenvalue weighted by atomic mass is 35.5. The van der Waals surface area contributed by atoms with Gasteiger partial charge >= 0.3 is 0 Å². The highest BCUT2D eigenvalue weighted by Crippen LogP contribution is 2.41. The maximum atomic E-state index is 14.7. The maximum absolute atomic E-state index is 14.7. The number of nitrogens with one attached hydrogen (secondary N) is 4. The second kappa shape index (κ2) is 23.3. The van der Waals surface area contributed by atoms with Crippen LogP contribution in [0.2, 0.25) is 5.02 Å². The van der Waals surface area contributed by atoms with Gasteiger partial charge in [0.2, 0.25) is 17.8 Å². The third kappa shape index (κ3) is 13.2. The number of ether oxygens (including phenoxy) is 4. The topological polar surface area (TPSA) is 219 Å². The summed E-state index contributed by atoms with van der Waals surface area (Å²) >= 11 is 7.68. The lowest BCUT2D eigenvalue weighted by molar-refractivity contribution is -0.145. The first kappa shape index (κ1) is 53.6. The summed E-state index contributed by atoms with van der Waals surface area (Å²) < 4.78 is 39.2. The lowest BCUT2D eigenvalue weighted by atomic mass is 9.83.